The van der Waals surface area contributed by atoms with Crippen molar-refractivity contribution in [2.75, 3.05) is 23.9 Å². The molecule has 0 saturated carbocycles. The molecule has 1 unspecified atom stereocenters. The van der Waals surface area contributed by atoms with Crippen molar-refractivity contribution in [3.63, 3.8) is 0 Å². The van der Waals surface area contributed by atoms with Crippen molar-refractivity contribution in [3.8, 4) is 0 Å². The summed E-state index contributed by atoms with van der Waals surface area (Å²) < 4.78 is 4.70. The summed E-state index contributed by atoms with van der Waals surface area (Å²) >= 11 is 0. The Balaban J connectivity index is 1.75. The van der Waals surface area contributed by atoms with Gasteiger partial charge in [0.25, 0.3) is 0 Å². The molecule has 146 valence electrons. The summed E-state index contributed by atoms with van der Waals surface area (Å²) in [6.45, 7) is 6.32. The number of carbonyl (C=O) groups excluding carboxylic acids is 3. The van der Waals surface area contributed by atoms with E-state index in [9.17, 15) is 14.4 Å². The summed E-state index contributed by atoms with van der Waals surface area (Å²) in [4.78, 5) is 38.7. The maximum absolute atomic E-state index is 12.7. The number of rotatable bonds is 4. The first-order valence-electron chi connectivity index (χ1n) is 9.17. The molecule has 1 heterocycles. The lowest BCUT2D eigenvalue weighted by Gasteiger charge is -2.22. The molecule has 2 amide bonds. The van der Waals surface area contributed by atoms with Crippen LogP contribution in [0.1, 0.15) is 33.5 Å². The average Bonchev–Trinajstić information content (AvgIpc) is 3.02. The topological polar surface area (TPSA) is 75.7 Å². The first-order valence-corrected chi connectivity index (χ1v) is 9.17. The average molecular weight is 380 g/mol. The van der Waals surface area contributed by atoms with Crippen molar-refractivity contribution in [2.45, 2.75) is 27.2 Å². The number of carbonyl (C=O) groups is 3. The molecule has 1 saturated heterocycles. The molecule has 1 aliphatic heterocycles. The van der Waals surface area contributed by atoms with Crippen LogP contribution in [0.5, 0.6) is 0 Å². The Hall–Kier alpha value is -3.15. The number of nitrogens with one attached hydrogen (secondary N) is 1. The van der Waals surface area contributed by atoms with E-state index in [1.54, 1.807) is 29.2 Å². The van der Waals surface area contributed by atoms with Gasteiger partial charge in [0, 0.05) is 24.3 Å². The lowest BCUT2D eigenvalue weighted by molar-refractivity contribution is -0.122. The van der Waals surface area contributed by atoms with Gasteiger partial charge in [0.1, 0.15) is 0 Å². The van der Waals surface area contributed by atoms with E-state index in [4.69, 9.17) is 4.74 Å². The summed E-state index contributed by atoms with van der Waals surface area (Å²) in [6, 6.07) is 10.6. The van der Waals surface area contributed by atoms with Crippen LogP contribution in [0.25, 0.3) is 0 Å². The molecule has 3 rings (SSSR count). The number of aryl methyl sites for hydroxylation is 3. The summed E-state index contributed by atoms with van der Waals surface area (Å²) in [5, 5.41) is 2.81. The number of hydrogen-bond donors (Lipinski definition) is 1. The molecular weight excluding hydrogens is 356 g/mol. The number of amides is 2. The van der Waals surface area contributed by atoms with Crippen molar-refractivity contribution in [1.82, 2.24) is 0 Å². The van der Waals surface area contributed by atoms with E-state index in [1.165, 1.54) is 7.11 Å². The maximum atomic E-state index is 12.7. The fourth-order valence-electron chi connectivity index (χ4n) is 3.78. The highest BCUT2D eigenvalue weighted by atomic mass is 16.5. The van der Waals surface area contributed by atoms with Gasteiger partial charge in [0.2, 0.25) is 11.8 Å². The van der Waals surface area contributed by atoms with Gasteiger partial charge in [-0.05, 0) is 50.1 Å². The second kappa shape index (κ2) is 7.84. The van der Waals surface area contributed by atoms with Gasteiger partial charge in [-0.3, -0.25) is 9.59 Å². The third kappa shape index (κ3) is 3.91. The second-order valence-corrected chi connectivity index (χ2v) is 7.21. The normalized spacial score (nSPS) is 16.2. The van der Waals surface area contributed by atoms with Gasteiger partial charge in [-0.15, -0.1) is 0 Å². The van der Waals surface area contributed by atoms with Crippen LogP contribution < -0.4 is 10.2 Å². The number of methoxy groups -OCH3 is 1. The predicted octanol–water partition coefficient (Wildman–Crippen LogP) is 3.39. The van der Waals surface area contributed by atoms with Gasteiger partial charge < -0.3 is 15.0 Å². The van der Waals surface area contributed by atoms with E-state index in [2.05, 4.69) is 5.32 Å². The third-order valence-corrected chi connectivity index (χ3v) is 4.95. The van der Waals surface area contributed by atoms with Crippen LogP contribution in [0.4, 0.5) is 11.4 Å². The zero-order chi connectivity index (χ0) is 20.4. The molecule has 0 radical (unpaired) electrons. The lowest BCUT2D eigenvalue weighted by Crippen LogP contribution is -2.29. The number of hydrogen-bond acceptors (Lipinski definition) is 4. The number of ether oxygens (including phenoxy) is 1. The SMILES string of the molecule is COC(=O)c1cccc(NC(=O)C2CC(=O)N(c3c(C)cc(C)cc3C)C2)c1. The number of anilines is 2. The number of benzene rings is 2. The molecule has 2 aromatic rings. The fourth-order valence-corrected chi connectivity index (χ4v) is 3.78. The molecule has 1 aliphatic rings. The lowest BCUT2D eigenvalue weighted by atomic mass is 10.0. The minimum atomic E-state index is -0.469. The standard InChI is InChI=1S/C22H24N2O4/c1-13-8-14(2)20(15(3)9-13)24-12-17(11-19(24)25)21(26)23-18-7-5-6-16(10-18)22(27)28-4/h5-10,17H,11-12H2,1-4H3,(H,23,26). The second-order valence-electron chi connectivity index (χ2n) is 7.21. The quantitative estimate of drug-likeness (QED) is 0.825. The molecular formula is C22H24N2O4. The molecule has 1 atom stereocenters. The predicted molar refractivity (Wildman–Crippen MR) is 108 cm³/mol. The molecule has 2 aromatic carbocycles. The van der Waals surface area contributed by atoms with Gasteiger partial charge >= 0.3 is 5.97 Å². The van der Waals surface area contributed by atoms with Gasteiger partial charge in [0.05, 0.1) is 18.6 Å². The van der Waals surface area contributed by atoms with E-state index in [1.807, 2.05) is 32.9 Å². The highest BCUT2D eigenvalue weighted by molar-refractivity contribution is 6.04. The van der Waals surface area contributed by atoms with Crippen LogP contribution in [0.3, 0.4) is 0 Å². The van der Waals surface area contributed by atoms with E-state index < -0.39 is 11.9 Å². The monoisotopic (exact) mass is 380 g/mol. The Morgan fingerprint density at radius 1 is 1.11 bits per heavy atom. The third-order valence-electron chi connectivity index (χ3n) is 4.95. The zero-order valence-electron chi connectivity index (χ0n) is 16.5. The minimum Gasteiger partial charge on any atom is -0.465 e. The highest BCUT2D eigenvalue weighted by Gasteiger charge is 2.36. The molecule has 0 aromatic heterocycles. The van der Waals surface area contributed by atoms with E-state index in [0.717, 1.165) is 22.4 Å². The first kappa shape index (κ1) is 19.6. The molecule has 28 heavy (non-hydrogen) atoms. The van der Waals surface area contributed by atoms with Crippen LogP contribution in [-0.2, 0) is 14.3 Å². The first-order chi connectivity index (χ1) is 13.3. The molecule has 0 spiro atoms. The van der Waals surface area contributed by atoms with E-state index >= 15 is 0 Å². The van der Waals surface area contributed by atoms with Crippen molar-refractivity contribution < 1.29 is 19.1 Å². The van der Waals surface area contributed by atoms with Gasteiger partial charge in [-0.1, -0.05) is 23.8 Å². The Bertz CT molecular complexity index is 928. The largest absolute Gasteiger partial charge is 0.465 e. The Kier molecular flexibility index (Phi) is 5.49. The Morgan fingerprint density at radius 2 is 1.79 bits per heavy atom. The van der Waals surface area contributed by atoms with Crippen LogP contribution in [-0.4, -0.2) is 31.4 Å². The smallest absolute Gasteiger partial charge is 0.337 e. The number of nitrogens with zero attached hydrogens (tertiary/aromatic N) is 1. The molecule has 6 nitrogen and oxygen atoms in total. The van der Waals surface area contributed by atoms with Gasteiger partial charge in [-0.25, -0.2) is 4.79 Å². The van der Waals surface area contributed by atoms with Crippen LogP contribution in [0.15, 0.2) is 36.4 Å². The summed E-state index contributed by atoms with van der Waals surface area (Å²) in [5.41, 5.74) is 4.94. The van der Waals surface area contributed by atoms with Crippen molar-refractivity contribution >= 4 is 29.2 Å². The van der Waals surface area contributed by atoms with E-state index in [-0.39, 0.29) is 18.2 Å². The van der Waals surface area contributed by atoms with Crippen LogP contribution in [0.2, 0.25) is 0 Å². The molecule has 6 heteroatoms. The molecule has 1 N–H and O–H groups in total. The van der Waals surface area contributed by atoms with Crippen molar-refractivity contribution in [3.05, 3.63) is 58.7 Å². The molecule has 0 aliphatic carbocycles. The van der Waals surface area contributed by atoms with Gasteiger partial charge in [-0.2, -0.15) is 0 Å². The highest BCUT2D eigenvalue weighted by Crippen LogP contribution is 2.32. The summed E-state index contributed by atoms with van der Waals surface area (Å²) in [7, 11) is 1.31. The van der Waals surface area contributed by atoms with Gasteiger partial charge in [0.15, 0.2) is 0 Å². The maximum Gasteiger partial charge on any atom is 0.337 e. The summed E-state index contributed by atoms with van der Waals surface area (Å²) in [5.74, 6) is -1.21. The Labute approximate surface area is 164 Å². The molecule has 0 bridgehead atoms. The fraction of sp³-hybridized carbons (Fsp3) is 0.318. The Morgan fingerprint density at radius 3 is 2.43 bits per heavy atom. The van der Waals surface area contributed by atoms with Crippen molar-refractivity contribution in [2.24, 2.45) is 5.92 Å². The van der Waals surface area contributed by atoms with Crippen LogP contribution in [0, 0.1) is 26.7 Å². The number of esters is 1. The van der Waals surface area contributed by atoms with Crippen LogP contribution >= 0.6 is 0 Å². The summed E-state index contributed by atoms with van der Waals surface area (Å²) in [6.07, 6.45) is 0.162. The van der Waals surface area contributed by atoms with E-state index in [0.29, 0.717) is 17.8 Å². The van der Waals surface area contributed by atoms with Crippen molar-refractivity contribution in [1.29, 1.82) is 0 Å². The minimum absolute atomic E-state index is 0.0569. The zero-order valence-corrected chi connectivity index (χ0v) is 16.5. The molecule has 1 fully saturated rings.